The number of thiazole rings is 1. The second kappa shape index (κ2) is 10.5. The summed E-state index contributed by atoms with van der Waals surface area (Å²) in [6, 6.07) is 9.12. The van der Waals surface area contributed by atoms with Gasteiger partial charge in [-0.1, -0.05) is 49.9 Å². The van der Waals surface area contributed by atoms with E-state index in [1.54, 1.807) is 11.3 Å². The molecule has 1 N–H and O–H groups in total. The number of amides is 1. The molecule has 162 valence electrons. The van der Waals surface area contributed by atoms with Crippen LogP contribution in [0.25, 0.3) is 10.6 Å². The van der Waals surface area contributed by atoms with Gasteiger partial charge in [-0.05, 0) is 25.5 Å². The van der Waals surface area contributed by atoms with Crippen molar-refractivity contribution < 1.29 is 4.79 Å². The van der Waals surface area contributed by atoms with E-state index >= 15 is 0 Å². The number of carbonyl (C=O) groups excluding carboxylic acids is 1. The molecule has 2 fully saturated rings. The van der Waals surface area contributed by atoms with Gasteiger partial charge in [-0.15, -0.1) is 11.3 Å². The second-order valence-electron chi connectivity index (χ2n) is 8.85. The summed E-state index contributed by atoms with van der Waals surface area (Å²) in [7, 11) is 2.19. The second-order valence-corrected chi connectivity index (χ2v) is 9.71. The third kappa shape index (κ3) is 6.13. The Morgan fingerprint density at radius 1 is 1.07 bits per heavy atom. The molecule has 0 spiro atoms. The van der Waals surface area contributed by atoms with Crippen molar-refractivity contribution in [3.8, 4) is 10.6 Å². The summed E-state index contributed by atoms with van der Waals surface area (Å²) in [6.45, 7) is 5.58. The summed E-state index contributed by atoms with van der Waals surface area (Å²) in [5.74, 6) is 0.112. The molecule has 0 atom stereocenters. The molecule has 0 bridgehead atoms. The van der Waals surface area contributed by atoms with Gasteiger partial charge < -0.3 is 10.2 Å². The Hall–Kier alpha value is -1.76. The lowest BCUT2D eigenvalue weighted by molar-refractivity contribution is -0.121. The van der Waals surface area contributed by atoms with Gasteiger partial charge in [-0.3, -0.25) is 9.69 Å². The first kappa shape index (κ1) is 21.5. The van der Waals surface area contributed by atoms with E-state index < -0.39 is 0 Å². The summed E-state index contributed by atoms with van der Waals surface area (Å²) in [5, 5.41) is 6.25. The van der Waals surface area contributed by atoms with Gasteiger partial charge in [-0.2, -0.15) is 0 Å². The number of rotatable bonds is 6. The Bertz CT molecular complexity index is 803. The maximum atomic E-state index is 12.4. The van der Waals surface area contributed by atoms with Crippen molar-refractivity contribution in [3.05, 3.63) is 40.9 Å². The van der Waals surface area contributed by atoms with Crippen LogP contribution >= 0.6 is 11.3 Å². The first-order chi connectivity index (χ1) is 14.7. The van der Waals surface area contributed by atoms with E-state index in [1.807, 2.05) is 5.38 Å². The average molecular weight is 427 g/mol. The van der Waals surface area contributed by atoms with Gasteiger partial charge in [0.05, 0.1) is 12.1 Å². The number of aromatic nitrogens is 1. The van der Waals surface area contributed by atoms with Crippen LogP contribution < -0.4 is 5.32 Å². The highest BCUT2D eigenvalue weighted by atomic mass is 32.1. The van der Waals surface area contributed by atoms with Gasteiger partial charge in [0.1, 0.15) is 5.01 Å². The smallest absolute Gasteiger partial charge is 0.226 e. The third-order valence-electron chi connectivity index (χ3n) is 6.32. The zero-order chi connectivity index (χ0) is 20.8. The lowest BCUT2D eigenvalue weighted by Gasteiger charge is -2.32. The Morgan fingerprint density at radius 2 is 1.77 bits per heavy atom. The predicted octanol–water partition coefficient (Wildman–Crippen LogP) is 3.94. The minimum Gasteiger partial charge on any atom is -0.353 e. The van der Waals surface area contributed by atoms with Crippen LogP contribution in [-0.2, 0) is 17.8 Å². The van der Waals surface area contributed by atoms with Gasteiger partial charge in [0.25, 0.3) is 0 Å². The monoisotopic (exact) mass is 426 g/mol. The molecule has 30 heavy (non-hydrogen) atoms. The van der Waals surface area contributed by atoms with Crippen molar-refractivity contribution in [2.24, 2.45) is 0 Å². The molecule has 2 heterocycles. The Labute approximate surface area is 184 Å². The molecule has 2 aliphatic rings. The Balaban J connectivity index is 1.29. The minimum absolute atomic E-state index is 0.112. The number of likely N-dealkylation sites (N-methyl/N-ethyl adjacent to an activating group) is 1. The molecule has 6 heteroatoms. The number of hydrogen-bond acceptors (Lipinski definition) is 5. The van der Waals surface area contributed by atoms with Gasteiger partial charge >= 0.3 is 0 Å². The van der Waals surface area contributed by atoms with E-state index in [0.29, 0.717) is 12.5 Å². The van der Waals surface area contributed by atoms with Crippen LogP contribution in [0.5, 0.6) is 0 Å². The predicted molar refractivity (Wildman–Crippen MR) is 124 cm³/mol. The van der Waals surface area contributed by atoms with E-state index in [9.17, 15) is 4.79 Å². The Kier molecular flexibility index (Phi) is 7.52. The van der Waals surface area contributed by atoms with E-state index in [0.717, 1.165) is 61.8 Å². The summed E-state index contributed by atoms with van der Waals surface area (Å²) in [6.07, 6.45) is 7.69. The van der Waals surface area contributed by atoms with Crippen molar-refractivity contribution in [3.63, 3.8) is 0 Å². The van der Waals surface area contributed by atoms with Crippen molar-refractivity contribution in [1.82, 2.24) is 20.1 Å². The zero-order valence-electron chi connectivity index (χ0n) is 18.1. The maximum Gasteiger partial charge on any atom is 0.226 e. The molecule has 5 nitrogen and oxygen atoms in total. The lowest BCUT2D eigenvalue weighted by Crippen LogP contribution is -2.43. The Morgan fingerprint density at radius 3 is 2.47 bits per heavy atom. The van der Waals surface area contributed by atoms with Crippen molar-refractivity contribution in [2.45, 2.75) is 57.5 Å². The number of hydrogen-bond donors (Lipinski definition) is 1. The van der Waals surface area contributed by atoms with Crippen molar-refractivity contribution in [1.29, 1.82) is 0 Å². The van der Waals surface area contributed by atoms with E-state index in [1.165, 1.54) is 31.2 Å². The fourth-order valence-electron chi connectivity index (χ4n) is 4.40. The summed E-state index contributed by atoms with van der Waals surface area (Å²) < 4.78 is 0. The van der Waals surface area contributed by atoms with E-state index in [2.05, 4.69) is 46.4 Å². The quantitative estimate of drug-likeness (QED) is 0.711. The van der Waals surface area contributed by atoms with Crippen LogP contribution in [0.4, 0.5) is 0 Å². The molecule has 1 amide bonds. The summed E-state index contributed by atoms with van der Waals surface area (Å²) >= 11 is 1.63. The molecule has 0 unspecified atom stereocenters. The average Bonchev–Trinajstić information content (AvgIpc) is 3.05. The minimum atomic E-state index is 0.112. The molecule has 2 aromatic rings. The van der Waals surface area contributed by atoms with Crippen molar-refractivity contribution in [2.75, 3.05) is 33.2 Å². The SMILES string of the molecule is CN1CCN(Cc2ccc(-c3nc(CC(=O)NC4CCCCCC4)cs3)cc2)CC1. The molecule has 0 radical (unpaired) electrons. The highest BCUT2D eigenvalue weighted by Crippen LogP contribution is 2.25. The molecular weight excluding hydrogens is 392 g/mol. The largest absolute Gasteiger partial charge is 0.353 e. The van der Waals surface area contributed by atoms with Gasteiger partial charge in [0, 0.05) is 49.7 Å². The fourth-order valence-corrected chi connectivity index (χ4v) is 5.23. The highest BCUT2D eigenvalue weighted by molar-refractivity contribution is 7.13. The first-order valence-electron chi connectivity index (χ1n) is 11.4. The van der Waals surface area contributed by atoms with Crippen LogP contribution in [0.1, 0.15) is 49.8 Å². The lowest BCUT2D eigenvalue weighted by atomic mass is 10.1. The standard InChI is InChI=1S/C24H34N4OS/c1-27-12-14-28(15-13-27)17-19-8-10-20(11-9-19)24-26-22(18-30-24)16-23(29)25-21-6-4-2-3-5-7-21/h8-11,18,21H,2-7,12-17H2,1H3,(H,25,29). The zero-order valence-corrected chi connectivity index (χ0v) is 18.9. The van der Waals surface area contributed by atoms with Crippen LogP contribution in [0, 0.1) is 0 Å². The number of nitrogens with zero attached hydrogens (tertiary/aromatic N) is 3. The topological polar surface area (TPSA) is 48.5 Å². The fraction of sp³-hybridized carbons (Fsp3) is 0.583. The van der Waals surface area contributed by atoms with E-state index in [4.69, 9.17) is 4.98 Å². The molecular formula is C24H34N4OS. The molecule has 1 aromatic heterocycles. The molecule has 1 aromatic carbocycles. The third-order valence-corrected chi connectivity index (χ3v) is 7.26. The van der Waals surface area contributed by atoms with Crippen molar-refractivity contribution >= 4 is 17.2 Å². The van der Waals surface area contributed by atoms with Crippen LogP contribution in [0.15, 0.2) is 29.6 Å². The summed E-state index contributed by atoms with van der Waals surface area (Å²) in [4.78, 5) is 22.1. The number of nitrogens with one attached hydrogen (secondary N) is 1. The normalized spacial score (nSPS) is 19.5. The van der Waals surface area contributed by atoms with E-state index in [-0.39, 0.29) is 5.91 Å². The molecule has 1 aliphatic carbocycles. The number of carbonyl (C=O) groups is 1. The van der Waals surface area contributed by atoms with Gasteiger partial charge in [-0.25, -0.2) is 4.98 Å². The molecule has 1 saturated heterocycles. The van der Waals surface area contributed by atoms with Gasteiger partial charge in [0.15, 0.2) is 0 Å². The van der Waals surface area contributed by atoms with Crippen LogP contribution in [-0.4, -0.2) is 60.0 Å². The highest BCUT2D eigenvalue weighted by Gasteiger charge is 2.17. The maximum absolute atomic E-state index is 12.4. The van der Waals surface area contributed by atoms with Crippen LogP contribution in [0.2, 0.25) is 0 Å². The molecule has 1 saturated carbocycles. The number of piperazine rings is 1. The molecule has 1 aliphatic heterocycles. The number of benzene rings is 1. The molecule has 4 rings (SSSR count). The summed E-state index contributed by atoms with van der Waals surface area (Å²) in [5.41, 5.74) is 3.36. The van der Waals surface area contributed by atoms with Crippen LogP contribution in [0.3, 0.4) is 0 Å². The van der Waals surface area contributed by atoms with Gasteiger partial charge in [0.2, 0.25) is 5.91 Å². The first-order valence-corrected chi connectivity index (χ1v) is 12.3.